The van der Waals surface area contributed by atoms with Crippen molar-refractivity contribution in [1.29, 1.82) is 0 Å². The molecule has 8 heteroatoms. The first-order valence-electron chi connectivity index (χ1n) is 8.40. The van der Waals surface area contributed by atoms with Crippen LogP contribution in [0.25, 0.3) is 5.69 Å². The van der Waals surface area contributed by atoms with Crippen molar-refractivity contribution >= 4 is 29.4 Å². The maximum Gasteiger partial charge on any atom is 0.314 e. The number of rotatable bonds is 4. The van der Waals surface area contributed by atoms with Crippen molar-refractivity contribution in [3.63, 3.8) is 0 Å². The van der Waals surface area contributed by atoms with Crippen LogP contribution in [0.2, 0.25) is 0 Å². The van der Waals surface area contributed by atoms with Gasteiger partial charge in [-0.1, -0.05) is 17.7 Å². The lowest BCUT2D eigenvalue weighted by molar-refractivity contribution is -0.136. The molecule has 0 radical (unpaired) electrons. The highest BCUT2D eigenvalue weighted by atomic mass is 32.2. The lowest BCUT2D eigenvalue weighted by atomic mass is 10.1. The molecule has 1 aromatic heterocycles. The normalized spacial score (nSPS) is 14.0. The van der Waals surface area contributed by atoms with E-state index in [2.05, 4.69) is 21.8 Å². The van der Waals surface area contributed by atoms with E-state index in [4.69, 9.17) is 0 Å². The Morgan fingerprint density at radius 1 is 1.31 bits per heavy atom. The topological polar surface area (TPSA) is 96.2 Å². The van der Waals surface area contributed by atoms with Gasteiger partial charge >= 0.3 is 11.8 Å². The van der Waals surface area contributed by atoms with Crippen LogP contribution >= 0.6 is 11.8 Å². The molecule has 138 valence electrons. The molecule has 0 aliphatic carbocycles. The third-order valence-electron chi connectivity index (χ3n) is 4.13. The fourth-order valence-electron chi connectivity index (χ4n) is 2.84. The lowest BCUT2D eigenvalue weighted by Crippen LogP contribution is -2.39. The van der Waals surface area contributed by atoms with Gasteiger partial charge in [0.1, 0.15) is 5.82 Å². The first-order valence-corrected chi connectivity index (χ1v) is 9.55. The van der Waals surface area contributed by atoms with Crippen molar-refractivity contribution in [2.24, 2.45) is 0 Å². The second-order valence-corrected chi connectivity index (χ2v) is 7.47. The van der Waals surface area contributed by atoms with E-state index in [-0.39, 0.29) is 6.54 Å². The quantitative estimate of drug-likeness (QED) is 0.708. The largest absolute Gasteiger partial charge is 0.392 e. The van der Waals surface area contributed by atoms with Crippen molar-refractivity contribution < 1.29 is 14.7 Å². The average Bonchev–Trinajstić information content (AvgIpc) is 3.15. The van der Waals surface area contributed by atoms with E-state index in [1.54, 1.807) is 16.4 Å². The number of nitrogens with zero attached hydrogens (tertiary/aromatic N) is 2. The third-order valence-corrected chi connectivity index (χ3v) is 5.10. The summed E-state index contributed by atoms with van der Waals surface area (Å²) in [6.07, 6.45) is -0.715. The van der Waals surface area contributed by atoms with Crippen LogP contribution in [0.15, 0.2) is 18.2 Å². The van der Waals surface area contributed by atoms with Crippen LogP contribution in [0.3, 0.4) is 0 Å². The smallest absolute Gasteiger partial charge is 0.314 e. The third kappa shape index (κ3) is 3.76. The molecule has 0 spiro atoms. The van der Waals surface area contributed by atoms with Gasteiger partial charge in [0.25, 0.3) is 0 Å². The molecule has 1 aromatic carbocycles. The van der Waals surface area contributed by atoms with Gasteiger partial charge in [-0.3, -0.25) is 9.59 Å². The second kappa shape index (κ2) is 7.51. The maximum atomic E-state index is 12.3. The standard InChI is InChI=1S/C18H22N4O3S/c1-10-4-5-15(11(2)6-10)22-16(13-8-26-9-14(13)21-22)20-18(25)17(24)19-7-12(3)23/h4-6,12,23H,7-9H2,1-3H3,(H,19,24)(H,20,25)/t12-/m1/s1. The molecule has 3 rings (SSSR count). The van der Waals surface area contributed by atoms with Gasteiger partial charge in [-0.25, -0.2) is 4.68 Å². The Morgan fingerprint density at radius 2 is 2.08 bits per heavy atom. The number of fused-ring (bicyclic) bond motifs is 1. The molecule has 1 aliphatic rings. The minimum atomic E-state index is -0.779. The molecular weight excluding hydrogens is 352 g/mol. The number of carbonyl (C=O) groups is 2. The average molecular weight is 374 g/mol. The summed E-state index contributed by atoms with van der Waals surface area (Å²) in [6.45, 7) is 5.57. The Kier molecular flexibility index (Phi) is 5.33. The van der Waals surface area contributed by atoms with Gasteiger partial charge < -0.3 is 15.7 Å². The minimum Gasteiger partial charge on any atom is -0.392 e. The van der Waals surface area contributed by atoms with Gasteiger partial charge in [0, 0.05) is 23.6 Å². The molecule has 2 amide bonds. The molecule has 1 atom stereocenters. The number of aryl methyl sites for hydroxylation is 2. The van der Waals surface area contributed by atoms with Crippen LogP contribution in [-0.2, 0) is 21.1 Å². The minimum absolute atomic E-state index is 0.0243. The Hall–Kier alpha value is -2.32. The van der Waals surface area contributed by atoms with E-state index in [9.17, 15) is 14.7 Å². The van der Waals surface area contributed by atoms with E-state index in [0.717, 1.165) is 39.6 Å². The van der Waals surface area contributed by atoms with E-state index >= 15 is 0 Å². The number of aliphatic hydroxyl groups is 1. The van der Waals surface area contributed by atoms with Crippen molar-refractivity contribution in [1.82, 2.24) is 15.1 Å². The number of amides is 2. The summed E-state index contributed by atoms with van der Waals surface area (Å²) in [5.41, 5.74) is 4.92. The summed E-state index contributed by atoms with van der Waals surface area (Å²) in [5, 5.41) is 19.0. The molecular formula is C18H22N4O3S. The fourth-order valence-corrected chi connectivity index (χ4v) is 3.88. The van der Waals surface area contributed by atoms with Crippen molar-refractivity contribution in [2.75, 3.05) is 11.9 Å². The van der Waals surface area contributed by atoms with Gasteiger partial charge in [-0.05, 0) is 32.4 Å². The van der Waals surface area contributed by atoms with Crippen LogP contribution in [0.5, 0.6) is 0 Å². The van der Waals surface area contributed by atoms with E-state index in [1.807, 2.05) is 26.0 Å². The summed E-state index contributed by atoms with van der Waals surface area (Å²) in [7, 11) is 0. The van der Waals surface area contributed by atoms with Crippen molar-refractivity contribution in [3.05, 3.63) is 40.6 Å². The van der Waals surface area contributed by atoms with Crippen molar-refractivity contribution in [2.45, 2.75) is 38.4 Å². The van der Waals surface area contributed by atoms with Crippen LogP contribution in [0.1, 0.15) is 29.3 Å². The molecule has 7 nitrogen and oxygen atoms in total. The predicted molar refractivity (Wildman–Crippen MR) is 101 cm³/mol. The molecule has 0 bridgehead atoms. The Labute approximate surface area is 156 Å². The molecule has 0 fully saturated rings. The van der Waals surface area contributed by atoms with Gasteiger partial charge in [-0.2, -0.15) is 16.9 Å². The zero-order chi connectivity index (χ0) is 18.8. The fraction of sp³-hybridized carbons (Fsp3) is 0.389. The zero-order valence-corrected chi connectivity index (χ0v) is 15.8. The van der Waals surface area contributed by atoms with Crippen LogP contribution in [0, 0.1) is 13.8 Å². The summed E-state index contributed by atoms with van der Waals surface area (Å²) < 4.78 is 1.71. The SMILES string of the molecule is Cc1ccc(-n2nc3c(c2NC(=O)C(=O)NC[C@@H](C)O)CSC3)c(C)c1. The number of hydrogen-bond donors (Lipinski definition) is 3. The number of thioether (sulfide) groups is 1. The highest BCUT2D eigenvalue weighted by Crippen LogP contribution is 2.36. The zero-order valence-electron chi connectivity index (χ0n) is 15.0. The number of aromatic nitrogens is 2. The van der Waals surface area contributed by atoms with E-state index in [1.165, 1.54) is 6.92 Å². The lowest BCUT2D eigenvalue weighted by Gasteiger charge is -2.13. The first-order chi connectivity index (χ1) is 12.4. The van der Waals surface area contributed by atoms with E-state index < -0.39 is 17.9 Å². The number of anilines is 1. The summed E-state index contributed by atoms with van der Waals surface area (Å²) >= 11 is 1.72. The molecule has 2 heterocycles. The molecule has 0 saturated heterocycles. The Morgan fingerprint density at radius 3 is 2.77 bits per heavy atom. The van der Waals surface area contributed by atoms with Crippen molar-refractivity contribution in [3.8, 4) is 5.69 Å². The Bertz CT molecular complexity index is 860. The molecule has 3 N–H and O–H groups in total. The predicted octanol–water partition coefficient (Wildman–Crippen LogP) is 1.67. The van der Waals surface area contributed by atoms with Gasteiger partial charge in [0.2, 0.25) is 0 Å². The molecule has 0 unspecified atom stereocenters. The van der Waals surface area contributed by atoms with Crippen LogP contribution in [-0.4, -0.2) is 39.4 Å². The number of nitrogens with one attached hydrogen (secondary N) is 2. The number of hydrogen-bond acceptors (Lipinski definition) is 5. The Balaban J connectivity index is 1.91. The highest BCUT2D eigenvalue weighted by molar-refractivity contribution is 7.98. The monoisotopic (exact) mass is 374 g/mol. The summed E-state index contributed by atoms with van der Waals surface area (Å²) in [5.74, 6) is 0.513. The van der Waals surface area contributed by atoms with Gasteiger partial charge in [0.05, 0.1) is 17.5 Å². The number of carbonyl (C=O) groups excluding carboxylic acids is 2. The number of aliphatic hydroxyl groups excluding tert-OH is 1. The number of benzene rings is 1. The van der Waals surface area contributed by atoms with Gasteiger partial charge in [0.15, 0.2) is 0 Å². The molecule has 0 saturated carbocycles. The maximum absolute atomic E-state index is 12.3. The molecule has 2 aromatic rings. The van der Waals surface area contributed by atoms with Crippen LogP contribution < -0.4 is 10.6 Å². The summed E-state index contributed by atoms with van der Waals surface area (Å²) in [6, 6.07) is 6.01. The highest BCUT2D eigenvalue weighted by Gasteiger charge is 2.26. The summed E-state index contributed by atoms with van der Waals surface area (Å²) in [4.78, 5) is 24.3. The van der Waals surface area contributed by atoms with Crippen LogP contribution in [0.4, 0.5) is 5.82 Å². The second-order valence-electron chi connectivity index (χ2n) is 6.48. The molecule has 26 heavy (non-hydrogen) atoms. The first kappa shape index (κ1) is 18.5. The molecule has 1 aliphatic heterocycles. The van der Waals surface area contributed by atoms with E-state index in [0.29, 0.717) is 5.82 Å². The van der Waals surface area contributed by atoms with Gasteiger partial charge in [-0.15, -0.1) is 0 Å².